The normalized spacial score (nSPS) is 26.8. The molecule has 3 aliphatic heterocycles. The predicted molar refractivity (Wildman–Crippen MR) is 108 cm³/mol. The minimum absolute atomic E-state index is 0.0826. The maximum absolute atomic E-state index is 12.6. The van der Waals surface area contributed by atoms with E-state index in [1.54, 1.807) is 24.3 Å². The summed E-state index contributed by atoms with van der Waals surface area (Å²) in [6.07, 6.45) is 3.15. The molecule has 8 nitrogen and oxygen atoms in total. The molecule has 162 valence electrons. The highest BCUT2D eigenvalue weighted by Crippen LogP contribution is 2.48. The summed E-state index contributed by atoms with van der Waals surface area (Å²) in [4.78, 5) is 38.4. The summed E-state index contributed by atoms with van der Waals surface area (Å²) >= 11 is 0. The summed E-state index contributed by atoms with van der Waals surface area (Å²) in [6, 6.07) is 7.10. The summed E-state index contributed by atoms with van der Waals surface area (Å²) in [5, 5.41) is 2.67. The average molecular weight is 416 g/mol. The van der Waals surface area contributed by atoms with Gasteiger partial charge in [-0.2, -0.15) is 0 Å². The second-order valence-corrected chi connectivity index (χ2v) is 8.01. The largest absolute Gasteiger partial charge is 0.494 e. The lowest BCUT2D eigenvalue weighted by molar-refractivity contribution is -0.142. The molecule has 4 unspecified atom stereocenters. The summed E-state index contributed by atoms with van der Waals surface area (Å²) in [5.74, 6) is 0.00371. The predicted octanol–water partition coefficient (Wildman–Crippen LogP) is 2.97. The second kappa shape index (κ2) is 9.04. The van der Waals surface area contributed by atoms with E-state index < -0.39 is 6.09 Å². The molecule has 3 saturated heterocycles. The van der Waals surface area contributed by atoms with Crippen LogP contribution in [0.5, 0.6) is 5.75 Å². The number of anilines is 1. The molecule has 3 heterocycles. The number of hydrogen-bond donors (Lipinski definition) is 1. The van der Waals surface area contributed by atoms with Crippen molar-refractivity contribution < 1.29 is 28.6 Å². The van der Waals surface area contributed by atoms with Gasteiger partial charge in [0.2, 0.25) is 11.8 Å². The Morgan fingerprint density at radius 2 is 1.73 bits per heavy atom. The van der Waals surface area contributed by atoms with Gasteiger partial charge in [-0.3, -0.25) is 19.8 Å². The summed E-state index contributed by atoms with van der Waals surface area (Å²) < 4.78 is 16.4. The molecule has 2 bridgehead atoms. The first-order valence-electron chi connectivity index (χ1n) is 10.8. The van der Waals surface area contributed by atoms with E-state index >= 15 is 0 Å². The molecule has 1 aromatic rings. The van der Waals surface area contributed by atoms with E-state index in [1.165, 1.54) is 4.90 Å². The van der Waals surface area contributed by atoms with E-state index in [4.69, 9.17) is 14.2 Å². The molecule has 4 rings (SSSR count). The zero-order valence-corrected chi connectivity index (χ0v) is 17.2. The number of ether oxygens (including phenoxy) is 3. The van der Waals surface area contributed by atoms with Gasteiger partial charge in [0, 0.05) is 12.2 Å². The fourth-order valence-electron chi connectivity index (χ4n) is 4.54. The molecular weight excluding hydrogens is 388 g/mol. The number of nitrogens with one attached hydrogen (secondary N) is 1. The van der Waals surface area contributed by atoms with E-state index in [2.05, 4.69) is 5.32 Å². The third-order valence-corrected chi connectivity index (χ3v) is 5.96. The van der Waals surface area contributed by atoms with Crippen molar-refractivity contribution in [2.45, 2.75) is 51.2 Å². The van der Waals surface area contributed by atoms with Crippen LogP contribution < -0.4 is 10.1 Å². The van der Waals surface area contributed by atoms with Gasteiger partial charge in [0.15, 0.2) is 0 Å². The van der Waals surface area contributed by atoms with E-state index in [1.807, 2.05) is 6.92 Å². The number of fused-ring (bicyclic) bond motifs is 5. The molecule has 1 N–H and O–H groups in total. The SMILES string of the molecule is CCCOc1ccc(NC(=O)OCCCCN2C(=O)C3C4CCC(O4)C3C2=O)cc1. The number of nitrogens with zero attached hydrogens (tertiary/aromatic N) is 1. The van der Waals surface area contributed by atoms with Gasteiger partial charge in [0.25, 0.3) is 0 Å². The van der Waals surface area contributed by atoms with Gasteiger partial charge in [-0.05, 0) is 56.4 Å². The Balaban J connectivity index is 1.14. The lowest BCUT2D eigenvalue weighted by Crippen LogP contribution is -2.35. The number of hydrogen-bond acceptors (Lipinski definition) is 6. The van der Waals surface area contributed by atoms with Crippen LogP contribution in [-0.2, 0) is 19.1 Å². The number of amides is 3. The van der Waals surface area contributed by atoms with Crippen LogP contribution in [0.25, 0.3) is 0 Å². The monoisotopic (exact) mass is 416 g/mol. The van der Waals surface area contributed by atoms with Gasteiger partial charge in [0.1, 0.15) is 5.75 Å². The highest BCUT2D eigenvalue weighted by Gasteiger charge is 2.62. The molecule has 0 radical (unpaired) electrons. The molecule has 0 spiro atoms. The van der Waals surface area contributed by atoms with Crippen LogP contribution in [0.1, 0.15) is 39.0 Å². The van der Waals surface area contributed by atoms with Crippen LogP contribution >= 0.6 is 0 Å². The van der Waals surface area contributed by atoms with Crippen LogP contribution in [0.4, 0.5) is 10.5 Å². The quantitative estimate of drug-likeness (QED) is 0.491. The summed E-state index contributed by atoms with van der Waals surface area (Å²) in [7, 11) is 0. The van der Waals surface area contributed by atoms with Crippen molar-refractivity contribution in [2.24, 2.45) is 11.8 Å². The van der Waals surface area contributed by atoms with Crippen LogP contribution in [0.15, 0.2) is 24.3 Å². The van der Waals surface area contributed by atoms with Crippen molar-refractivity contribution >= 4 is 23.6 Å². The Labute approximate surface area is 175 Å². The van der Waals surface area contributed by atoms with Gasteiger partial charge in [0.05, 0.1) is 37.3 Å². The molecule has 1 aromatic carbocycles. The van der Waals surface area contributed by atoms with Gasteiger partial charge in [-0.1, -0.05) is 6.92 Å². The minimum Gasteiger partial charge on any atom is -0.494 e. The van der Waals surface area contributed by atoms with Crippen molar-refractivity contribution in [1.29, 1.82) is 0 Å². The molecule has 8 heteroatoms. The zero-order chi connectivity index (χ0) is 21.1. The second-order valence-electron chi connectivity index (χ2n) is 8.01. The minimum atomic E-state index is -0.534. The van der Waals surface area contributed by atoms with E-state index in [0.29, 0.717) is 31.7 Å². The number of rotatable bonds is 9. The first-order valence-corrected chi connectivity index (χ1v) is 10.8. The van der Waals surface area contributed by atoms with Gasteiger partial charge >= 0.3 is 6.09 Å². The van der Waals surface area contributed by atoms with Gasteiger partial charge in [-0.15, -0.1) is 0 Å². The first-order chi connectivity index (χ1) is 14.6. The molecular formula is C22H28N2O6. The topological polar surface area (TPSA) is 94.2 Å². The summed E-state index contributed by atoms with van der Waals surface area (Å²) in [6.45, 7) is 3.28. The maximum Gasteiger partial charge on any atom is 0.411 e. The summed E-state index contributed by atoms with van der Waals surface area (Å²) in [5.41, 5.74) is 0.625. The van der Waals surface area contributed by atoms with E-state index in [-0.39, 0.29) is 42.5 Å². The number of benzene rings is 1. The lowest BCUT2D eigenvalue weighted by atomic mass is 9.81. The Bertz CT molecular complexity index is 767. The molecule has 0 aliphatic carbocycles. The van der Waals surface area contributed by atoms with Crippen LogP contribution in [0, 0.1) is 11.8 Å². The number of likely N-dealkylation sites (tertiary alicyclic amines) is 1. The molecule has 0 aromatic heterocycles. The highest BCUT2D eigenvalue weighted by atomic mass is 16.5. The number of unbranched alkanes of at least 4 members (excludes halogenated alkanes) is 1. The Kier molecular flexibility index (Phi) is 6.22. The Morgan fingerprint density at radius 1 is 1.07 bits per heavy atom. The fraction of sp³-hybridized carbons (Fsp3) is 0.591. The number of carbonyl (C=O) groups excluding carboxylic acids is 3. The maximum atomic E-state index is 12.6. The number of carbonyl (C=O) groups is 3. The Hall–Kier alpha value is -2.61. The van der Waals surface area contributed by atoms with Crippen molar-refractivity contribution in [1.82, 2.24) is 4.90 Å². The first kappa shape index (κ1) is 20.7. The van der Waals surface area contributed by atoms with Crippen molar-refractivity contribution in [2.75, 3.05) is 25.1 Å². The molecule has 4 atom stereocenters. The van der Waals surface area contributed by atoms with Crippen molar-refractivity contribution in [3.8, 4) is 5.75 Å². The number of imide groups is 1. The van der Waals surface area contributed by atoms with Crippen molar-refractivity contribution in [3.05, 3.63) is 24.3 Å². The lowest BCUT2D eigenvalue weighted by Gasteiger charge is -2.17. The van der Waals surface area contributed by atoms with Crippen LogP contribution in [0.2, 0.25) is 0 Å². The standard InChI is InChI=1S/C22H28N2O6/c1-2-12-28-15-7-5-14(6-8-15)23-22(27)29-13-4-3-11-24-20(25)18-16-9-10-17(30-16)19(18)21(24)26/h5-8,16-19H,2-4,9-13H2,1H3,(H,23,27). The van der Waals surface area contributed by atoms with Crippen LogP contribution in [0.3, 0.4) is 0 Å². The third kappa shape index (κ3) is 4.14. The molecule has 3 amide bonds. The molecule has 3 aliphatic rings. The van der Waals surface area contributed by atoms with Crippen LogP contribution in [-0.4, -0.2) is 54.8 Å². The van der Waals surface area contributed by atoms with Gasteiger partial charge in [-0.25, -0.2) is 4.79 Å². The Morgan fingerprint density at radius 3 is 2.37 bits per heavy atom. The third-order valence-electron chi connectivity index (χ3n) is 5.96. The van der Waals surface area contributed by atoms with E-state index in [0.717, 1.165) is 25.0 Å². The molecule has 3 fully saturated rings. The zero-order valence-electron chi connectivity index (χ0n) is 17.2. The average Bonchev–Trinajstić information content (AvgIpc) is 3.42. The fourth-order valence-corrected chi connectivity index (χ4v) is 4.54. The van der Waals surface area contributed by atoms with Crippen molar-refractivity contribution in [3.63, 3.8) is 0 Å². The smallest absolute Gasteiger partial charge is 0.411 e. The molecule has 30 heavy (non-hydrogen) atoms. The highest BCUT2D eigenvalue weighted by molar-refractivity contribution is 6.06. The molecule has 0 saturated carbocycles. The van der Waals surface area contributed by atoms with E-state index in [9.17, 15) is 14.4 Å². The van der Waals surface area contributed by atoms with Gasteiger partial charge < -0.3 is 14.2 Å².